The van der Waals surface area contributed by atoms with E-state index < -0.39 is 0 Å². The van der Waals surface area contributed by atoms with Gasteiger partial charge < -0.3 is 15.8 Å². The predicted octanol–water partition coefficient (Wildman–Crippen LogP) is 1.23. The van der Waals surface area contributed by atoms with Crippen molar-refractivity contribution >= 4 is 23.1 Å². The van der Waals surface area contributed by atoms with Crippen LogP contribution >= 0.6 is 12.2 Å². The lowest BCUT2D eigenvalue weighted by Crippen LogP contribution is -2.41. The molecule has 0 aromatic rings. The Labute approximate surface area is 108 Å². The maximum Gasteiger partial charge on any atom is 0.229 e. The van der Waals surface area contributed by atoms with Gasteiger partial charge in [0.2, 0.25) is 5.91 Å². The summed E-state index contributed by atoms with van der Waals surface area (Å²) in [6, 6.07) is 0. The SMILES string of the molecule is CCCC(C(=O)NCC1CCCOC1)C(N)=S. The molecule has 1 amide bonds. The zero-order chi connectivity index (χ0) is 12.7. The summed E-state index contributed by atoms with van der Waals surface area (Å²) in [5.41, 5.74) is 5.58. The van der Waals surface area contributed by atoms with Crippen LogP contribution < -0.4 is 11.1 Å². The van der Waals surface area contributed by atoms with Gasteiger partial charge >= 0.3 is 0 Å². The maximum atomic E-state index is 11.9. The van der Waals surface area contributed by atoms with Crippen molar-refractivity contribution in [1.29, 1.82) is 0 Å². The van der Waals surface area contributed by atoms with Gasteiger partial charge in [-0.25, -0.2) is 0 Å². The topological polar surface area (TPSA) is 64.3 Å². The molecular weight excluding hydrogens is 236 g/mol. The molecular formula is C12H22N2O2S. The fourth-order valence-corrected chi connectivity index (χ4v) is 2.25. The normalized spacial score (nSPS) is 21.8. The molecule has 1 rings (SSSR count). The number of thiocarbonyl (C=S) groups is 1. The van der Waals surface area contributed by atoms with Crippen LogP contribution in [0.2, 0.25) is 0 Å². The van der Waals surface area contributed by atoms with Gasteiger partial charge in [-0.1, -0.05) is 25.6 Å². The second kappa shape index (κ2) is 7.61. The van der Waals surface area contributed by atoms with Crippen molar-refractivity contribution in [1.82, 2.24) is 5.32 Å². The van der Waals surface area contributed by atoms with Gasteiger partial charge in [0.05, 0.1) is 17.5 Å². The van der Waals surface area contributed by atoms with Crippen LogP contribution in [0.1, 0.15) is 32.6 Å². The highest BCUT2D eigenvalue weighted by molar-refractivity contribution is 7.80. The van der Waals surface area contributed by atoms with E-state index in [-0.39, 0.29) is 11.8 Å². The molecule has 0 bridgehead atoms. The summed E-state index contributed by atoms with van der Waals surface area (Å²) in [6.45, 7) is 4.27. The van der Waals surface area contributed by atoms with Crippen LogP contribution in [0.25, 0.3) is 0 Å². The summed E-state index contributed by atoms with van der Waals surface area (Å²) in [5.74, 6) is 0.0748. The van der Waals surface area contributed by atoms with Crippen molar-refractivity contribution in [2.45, 2.75) is 32.6 Å². The van der Waals surface area contributed by atoms with Crippen molar-refractivity contribution in [2.24, 2.45) is 17.6 Å². The molecule has 0 saturated carbocycles. The Hall–Kier alpha value is -0.680. The number of carbonyl (C=O) groups excluding carboxylic acids is 1. The summed E-state index contributed by atoms with van der Waals surface area (Å²) in [7, 11) is 0. The van der Waals surface area contributed by atoms with Crippen LogP contribution in [-0.4, -0.2) is 30.7 Å². The molecule has 98 valence electrons. The third-order valence-electron chi connectivity index (χ3n) is 3.06. The monoisotopic (exact) mass is 258 g/mol. The van der Waals surface area contributed by atoms with Gasteiger partial charge in [-0.2, -0.15) is 0 Å². The molecule has 5 heteroatoms. The summed E-state index contributed by atoms with van der Waals surface area (Å²) >= 11 is 4.92. The Morgan fingerprint density at radius 1 is 1.65 bits per heavy atom. The van der Waals surface area contributed by atoms with Crippen LogP contribution in [-0.2, 0) is 9.53 Å². The minimum atomic E-state index is -0.320. The first-order valence-corrected chi connectivity index (χ1v) is 6.70. The van der Waals surface area contributed by atoms with E-state index >= 15 is 0 Å². The zero-order valence-electron chi connectivity index (χ0n) is 10.4. The molecule has 3 N–H and O–H groups in total. The third-order valence-corrected chi connectivity index (χ3v) is 3.34. The van der Waals surface area contributed by atoms with Gasteiger partial charge in [-0.15, -0.1) is 0 Å². The maximum absolute atomic E-state index is 11.9. The number of hydrogen-bond acceptors (Lipinski definition) is 3. The highest BCUT2D eigenvalue weighted by atomic mass is 32.1. The Balaban J connectivity index is 2.33. The van der Waals surface area contributed by atoms with E-state index in [1.165, 1.54) is 0 Å². The minimum Gasteiger partial charge on any atom is -0.393 e. The van der Waals surface area contributed by atoms with Gasteiger partial charge in [0.1, 0.15) is 0 Å². The summed E-state index contributed by atoms with van der Waals surface area (Å²) in [6.07, 6.45) is 3.82. The van der Waals surface area contributed by atoms with E-state index in [0.717, 1.165) is 38.9 Å². The van der Waals surface area contributed by atoms with E-state index in [0.29, 0.717) is 17.5 Å². The van der Waals surface area contributed by atoms with Crippen LogP contribution in [0.5, 0.6) is 0 Å². The van der Waals surface area contributed by atoms with Gasteiger partial charge in [-0.05, 0) is 25.2 Å². The van der Waals surface area contributed by atoms with Crippen molar-refractivity contribution < 1.29 is 9.53 Å². The number of ether oxygens (including phenoxy) is 1. The Morgan fingerprint density at radius 3 is 2.94 bits per heavy atom. The molecule has 1 aliphatic rings. The van der Waals surface area contributed by atoms with Crippen molar-refractivity contribution in [3.63, 3.8) is 0 Å². The highest BCUT2D eigenvalue weighted by Gasteiger charge is 2.22. The number of rotatable bonds is 6. The molecule has 4 nitrogen and oxygen atoms in total. The molecule has 0 spiro atoms. The Kier molecular flexibility index (Phi) is 6.44. The van der Waals surface area contributed by atoms with Gasteiger partial charge in [0, 0.05) is 13.2 Å². The molecule has 0 radical (unpaired) electrons. The van der Waals surface area contributed by atoms with Crippen LogP contribution in [0.3, 0.4) is 0 Å². The number of hydrogen-bond donors (Lipinski definition) is 2. The molecule has 2 unspecified atom stereocenters. The zero-order valence-corrected chi connectivity index (χ0v) is 11.2. The fourth-order valence-electron chi connectivity index (χ4n) is 2.03. The Bertz CT molecular complexity index is 265. The lowest BCUT2D eigenvalue weighted by atomic mass is 10.00. The summed E-state index contributed by atoms with van der Waals surface area (Å²) in [5, 5.41) is 2.93. The smallest absolute Gasteiger partial charge is 0.229 e. The first-order valence-electron chi connectivity index (χ1n) is 6.30. The standard InChI is InChI=1S/C12H22N2O2S/c1-2-4-10(11(13)17)12(15)14-7-9-5-3-6-16-8-9/h9-10H,2-8H2,1H3,(H2,13,17)(H,14,15). The molecule has 2 atom stereocenters. The van der Waals surface area contributed by atoms with Crippen molar-refractivity contribution in [2.75, 3.05) is 19.8 Å². The van der Waals surface area contributed by atoms with E-state index in [1.807, 2.05) is 6.92 Å². The number of nitrogens with two attached hydrogens (primary N) is 1. The van der Waals surface area contributed by atoms with Crippen LogP contribution in [0, 0.1) is 11.8 Å². The summed E-state index contributed by atoms with van der Waals surface area (Å²) < 4.78 is 5.37. The predicted molar refractivity (Wildman–Crippen MR) is 71.7 cm³/mol. The molecule has 1 fully saturated rings. The van der Waals surface area contributed by atoms with Crippen molar-refractivity contribution in [3.05, 3.63) is 0 Å². The Morgan fingerprint density at radius 2 is 2.41 bits per heavy atom. The molecule has 17 heavy (non-hydrogen) atoms. The molecule has 0 aliphatic carbocycles. The van der Waals surface area contributed by atoms with E-state index in [4.69, 9.17) is 22.7 Å². The lowest BCUT2D eigenvalue weighted by molar-refractivity contribution is -0.123. The quantitative estimate of drug-likeness (QED) is 0.703. The fraction of sp³-hybridized carbons (Fsp3) is 0.833. The molecule has 0 aromatic heterocycles. The summed E-state index contributed by atoms with van der Waals surface area (Å²) in [4.78, 5) is 12.2. The highest BCUT2D eigenvalue weighted by Crippen LogP contribution is 2.13. The van der Waals surface area contributed by atoms with E-state index in [9.17, 15) is 4.79 Å². The minimum absolute atomic E-state index is 0.0371. The number of carbonyl (C=O) groups is 1. The lowest BCUT2D eigenvalue weighted by Gasteiger charge is -2.23. The van der Waals surface area contributed by atoms with E-state index in [1.54, 1.807) is 0 Å². The van der Waals surface area contributed by atoms with Gasteiger partial charge in [0.25, 0.3) is 0 Å². The van der Waals surface area contributed by atoms with Gasteiger partial charge in [-0.3, -0.25) is 4.79 Å². The first kappa shape index (κ1) is 14.4. The number of amides is 1. The second-order valence-corrected chi connectivity index (χ2v) is 5.04. The third kappa shape index (κ3) is 5.00. The van der Waals surface area contributed by atoms with Crippen LogP contribution in [0.15, 0.2) is 0 Å². The number of nitrogens with one attached hydrogen (secondary N) is 1. The largest absolute Gasteiger partial charge is 0.393 e. The molecule has 1 saturated heterocycles. The molecule has 0 aromatic carbocycles. The average molecular weight is 258 g/mol. The molecule has 1 aliphatic heterocycles. The second-order valence-electron chi connectivity index (χ2n) is 4.57. The van der Waals surface area contributed by atoms with Gasteiger partial charge in [0.15, 0.2) is 0 Å². The average Bonchev–Trinajstić information content (AvgIpc) is 2.34. The van der Waals surface area contributed by atoms with E-state index in [2.05, 4.69) is 5.32 Å². The molecule has 1 heterocycles. The first-order chi connectivity index (χ1) is 8.15. The van der Waals surface area contributed by atoms with Crippen LogP contribution in [0.4, 0.5) is 0 Å². The van der Waals surface area contributed by atoms with Crippen molar-refractivity contribution in [3.8, 4) is 0 Å².